The molecule has 0 saturated heterocycles. The first kappa shape index (κ1) is 9.47. The Hall–Kier alpha value is -1.08. The number of halogens is 1. The SMILES string of the molecule is O=C1CC=C(c2ccccc2)C(Cl)C1. The molecule has 0 bridgehead atoms. The quantitative estimate of drug-likeness (QED) is 0.646. The van der Waals surface area contributed by atoms with Gasteiger partial charge in [0, 0.05) is 12.8 Å². The van der Waals surface area contributed by atoms with Gasteiger partial charge in [0.15, 0.2) is 0 Å². The topological polar surface area (TPSA) is 17.1 Å². The molecular formula is C12H11ClO. The molecule has 2 heteroatoms. The zero-order valence-corrected chi connectivity index (χ0v) is 8.50. The van der Waals surface area contributed by atoms with Crippen LogP contribution in [0.1, 0.15) is 18.4 Å². The standard InChI is InChI=1S/C12H11ClO/c13-12-8-10(14)6-7-11(12)9-4-2-1-3-5-9/h1-5,7,12H,6,8H2. The monoisotopic (exact) mass is 206 g/mol. The van der Waals surface area contributed by atoms with E-state index in [1.807, 2.05) is 36.4 Å². The molecule has 14 heavy (non-hydrogen) atoms. The van der Waals surface area contributed by atoms with E-state index in [1.54, 1.807) is 0 Å². The van der Waals surface area contributed by atoms with E-state index in [1.165, 1.54) is 0 Å². The van der Waals surface area contributed by atoms with Gasteiger partial charge in [-0.05, 0) is 11.1 Å². The van der Waals surface area contributed by atoms with E-state index in [9.17, 15) is 4.79 Å². The Balaban J connectivity index is 2.31. The molecule has 0 saturated carbocycles. The van der Waals surface area contributed by atoms with Crippen LogP contribution < -0.4 is 0 Å². The van der Waals surface area contributed by atoms with Crippen LogP contribution in [0.2, 0.25) is 0 Å². The van der Waals surface area contributed by atoms with Gasteiger partial charge in [-0.2, -0.15) is 0 Å². The van der Waals surface area contributed by atoms with Crippen molar-refractivity contribution in [1.29, 1.82) is 0 Å². The van der Waals surface area contributed by atoms with Crippen LogP contribution in [0.5, 0.6) is 0 Å². The Kier molecular flexibility index (Phi) is 2.69. The maximum Gasteiger partial charge on any atom is 0.138 e. The van der Waals surface area contributed by atoms with Crippen molar-refractivity contribution in [2.75, 3.05) is 0 Å². The molecule has 0 aliphatic heterocycles. The zero-order chi connectivity index (χ0) is 9.97. The van der Waals surface area contributed by atoms with E-state index in [0.717, 1.165) is 11.1 Å². The fourth-order valence-corrected chi connectivity index (χ4v) is 2.06. The molecule has 2 rings (SSSR count). The maximum absolute atomic E-state index is 11.1. The van der Waals surface area contributed by atoms with Crippen LogP contribution in [0.15, 0.2) is 36.4 Å². The fourth-order valence-electron chi connectivity index (χ4n) is 1.67. The molecule has 0 spiro atoms. The molecule has 0 amide bonds. The van der Waals surface area contributed by atoms with Crippen LogP contribution in [0, 0.1) is 0 Å². The third-order valence-corrected chi connectivity index (χ3v) is 2.79. The van der Waals surface area contributed by atoms with Crippen molar-refractivity contribution in [2.24, 2.45) is 0 Å². The van der Waals surface area contributed by atoms with Gasteiger partial charge in [0.25, 0.3) is 0 Å². The lowest BCUT2D eigenvalue weighted by molar-refractivity contribution is -0.118. The summed E-state index contributed by atoms with van der Waals surface area (Å²) in [5, 5.41) is -0.154. The number of ketones is 1. The minimum atomic E-state index is -0.154. The number of carbonyl (C=O) groups excluding carboxylic acids is 1. The fraction of sp³-hybridized carbons (Fsp3) is 0.250. The molecule has 1 unspecified atom stereocenters. The van der Waals surface area contributed by atoms with Crippen LogP contribution in [0.3, 0.4) is 0 Å². The first-order chi connectivity index (χ1) is 6.77. The summed E-state index contributed by atoms with van der Waals surface area (Å²) in [6.45, 7) is 0. The van der Waals surface area contributed by atoms with Crippen molar-refractivity contribution in [2.45, 2.75) is 18.2 Å². The number of alkyl halides is 1. The van der Waals surface area contributed by atoms with Gasteiger partial charge in [0.05, 0.1) is 5.38 Å². The summed E-state index contributed by atoms with van der Waals surface area (Å²) in [5.74, 6) is 0.227. The van der Waals surface area contributed by atoms with Crippen molar-refractivity contribution in [3.8, 4) is 0 Å². The Labute approximate surface area is 88.4 Å². The number of rotatable bonds is 1. The predicted octanol–water partition coefficient (Wildman–Crippen LogP) is 3.04. The molecule has 0 radical (unpaired) electrons. The molecule has 72 valence electrons. The lowest BCUT2D eigenvalue weighted by Crippen LogP contribution is -2.14. The Morgan fingerprint density at radius 3 is 2.57 bits per heavy atom. The summed E-state index contributed by atoms with van der Waals surface area (Å²) in [4.78, 5) is 11.1. The van der Waals surface area contributed by atoms with Crippen molar-refractivity contribution >= 4 is 23.0 Å². The van der Waals surface area contributed by atoms with Gasteiger partial charge >= 0.3 is 0 Å². The van der Waals surface area contributed by atoms with Crippen LogP contribution >= 0.6 is 11.6 Å². The third kappa shape index (κ3) is 1.88. The Bertz CT molecular complexity index is 367. The second-order valence-electron chi connectivity index (χ2n) is 3.44. The van der Waals surface area contributed by atoms with E-state index in [2.05, 4.69) is 0 Å². The van der Waals surface area contributed by atoms with Gasteiger partial charge in [-0.25, -0.2) is 0 Å². The molecular weight excluding hydrogens is 196 g/mol. The maximum atomic E-state index is 11.1. The van der Waals surface area contributed by atoms with Crippen LogP contribution in [-0.4, -0.2) is 11.2 Å². The molecule has 1 nitrogen and oxygen atoms in total. The minimum absolute atomic E-state index is 0.154. The van der Waals surface area contributed by atoms with E-state index >= 15 is 0 Å². The number of carbonyl (C=O) groups is 1. The van der Waals surface area contributed by atoms with E-state index < -0.39 is 0 Å². The van der Waals surface area contributed by atoms with Gasteiger partial charge in [-0.3, -0.25) is 4.79 Å². The van der Waals surface area contributed by atoms with Gasteiger partial charge in [-0.15, -0.1) is 11.6 Å². The molecule has 0 aromatic heterocycles. The second-order valence-corrected chi connectivity index (χ2v) is 3.97. The van der Waals surface area contributed by atoms with Gasteiger partial charge in [-0.1, -0.05) is 36.4 Å². The normalized spacial score (nSPS) is 21.9. The number of hydrogen-bond acceptors (Lipinski definition) is 1. The molecule has 1 aliphatic carbocycles. The van der Waals surface area contributed by atoms with E-state index in [4.69, 9.17) is 11.6 Å². The smallest absolute Gasteiger partial charge is 0.138 e. The van der Waals surface area contributed by atoms with Crippen molar-refractivity contribution in [1.82, 2.24) is 0 Å². The van der Waals surface area contributed by atoms with E-state index in [-0.39, 0.29) is 11.2 Å². The predicted molar refractivity (Wildman–Crippen MR) is 58.3 cm³/mol. The summed E-state index contributed by atoms with van der Waals surface area (Å²) in [7, 11) is 0. The lowest BCUT2D eigenvalue weighted by atomic mass is 9.92. The summed E-state index contributed by atoms with van der Waals surface area (Å²) in [6.07, 6.45) is 2.93. The Morgan fingerprint density at radius 1 is 1.21 bits per heavy atom. The number of Topliss-reactive ketones (excluding diaryl/α,β-unsaturated/α-hetero) is 1. The third-order valence-electron chi connectivity index (χ3n) is 2.40. The largest absolute Gasteiger partial charge is 0.299 e. The average Bonchev–Trinajstić information content (AvgIpc) is 2.19. The number of benzene rings is 1. The number of allylic oxidation sites excluding steroid dienone is 2. The highest BCUT2D eigenvalue weighted by molar-refractivity contribution is 6.28. The first-order valence-corrected chi connectivity index (χ1v) is 5.12. The molecule has 0 fully saturated rings. The average molecular weight is 207 g/mol. The second kappa shape index (κ2) is 3.97. The highest BCUT2D eigenvalue weighted by Gasteiger charge is 2.20. The summed E-state index contributed by atoms with van der Waals surface area (Å²) < 4.78 is 0. The molecule has 1 aromatic rings. The molecule has 0 heterocycles. The van der Waals surface area contributed by atoms with Crippen molar-refractivity contribution in [3.05, 3.63) is 42.0 Å². The summed E-state index contributed by atoms with van der Waals surface area (Å²) in [6, 6.07) is 9.99. The highest BCUT2D eigenvalue weighted by Crippen LogP contribution is 2.29. The van der Waals surface area contributed by atoms with Crippen molar-refractivity contribution in [3.63, 3.8) is 0 Å². The lowest BCUT2D eigenvalue weighted by Gasteiger charge is -2.18. The van der Waals surface area contributed by atoms with Crippen molar-refractivity contribution < 1.29 is 4.79 Å². The molecule has 1 atom stereocenters. The number of hydrogen-bond donors (Lipinski definition) is 0. The molecule has 1 aliphatic rings. The van der Waals surface area contributed by atoms with Crippen LogP contribution in [0.25, 0.3) is 5.57 Å². The highest BCUT2D eigenvalue weighted by atomic mass is 35.5. The van der Waals surface area contributed by atoms with Gasteiger partial charge in [0.1, 0.15) is 5.78 Å². The zero-order valence-electron chi connectivity index (χ0n) is 7.74. The molecule has 0 N–H and O–H groups in total. The molecule has 1 aromatic carbocycles. The summed E-state index contributed by atoms with van der Waals surface area (Å²) >= 11 is 6.12. The van der Waals surface area contributed by atoms with Gasteiger partial charge < -0.3 is 0 Å². The van der Waals surface area contributed by atoms with Gasteiger partial charge in [0.2, 0.25) is 0 Å². The van der Waals surface area contributed by atoms with Crippen LogP contribution in [0.4, 0.5) is 0 Å². The van der Waals surface area contributed by atoms with Crippen LogP contribution in [-0.2, 0) is 4.79 Å². The Morgan fingerprint density at radius 2 is 1.93 bits per heavy atom. The minimum Gasteiger partial charge on any atom is -0.299 e. The van der Waals surface area contributed by atoms with E-state index in [0.29, 0.717) is 12.8 Å². The first-order valence-electron chi connectivity index (χ1n) is 4.68. The summed E-state index contributed by atoms with van der Waals surface area (Å²) in [5.41, 5.74) is 2.21.